The second kappa shape index (κ2) is 9.73. The number of nitrogens with one attached hydrogen (secondary N) is 1. The van der Waals surface area contributed by atoms with Gasteiger partial charge in [0.1, 0.15) is 6.54 Å². The molecule has 0 aromatic carbocycles. The van der Waals surface area contributed by atoms with E-state index in [1.165, 1.54) is 11.8 Å². The highest BCUT2D eigenvalue weighted by molar-refractivity contribution is 7.89. The van der Waals surface area contributed by atoms with E-state index < -0.39 is 27.9 Å². The van der Waals surface area contributed by atoms with Gasteiger partial charge in [0.05, 0.1) is 18.4 Å². The zero-order chi connectivity index (χ0) is 16.5. The van der Waals surface area contributed by atoms with Crippen LogP contribution in [0.1, 0.15) is 40.5 Å². The predicted octanol–water partition coefficient (Wildman–Crippen LogP) is 0.506. The molecule has 7 nitrogen and oxygen atoms in total. The van der Waals surface area contributed by atoms with E-state index in [0.29, 0.717) is 19.4 Å². The SMILES string of the molecule is CCCN(CC(=O)OCC)C(=O)C(C)NS(=O)(=O)CCC. The molecule has 0 aliphatic carbocycles. The number of carbonyl (C=O) groups excluding carboxylic acids is 2. The van der Waals surface area contributed by atoms with Crippen molar-refractivity contribution in [2.45, 2.75) is 46.6 Å². The first-order valence-corrected chi connectivity index (χ1v) is 8.87. The smallest absolute Gasteiger partial charge is 0.325 e. The number of hydrogen-bond donors (Lipinski definition) is 1. The van der Waals surface area contributed by atoms with Gasteiger partial charge in [-0.25, -0.2) is 13.1 Å². The van der Waals surface area contributed by atoms with E-state index in [1.807, 2.05) is 6.92 Å². The average Bonchev–Trinajstić information content (AvgIpc) is 2.36. The number of nitrogens with zero attached hydrogens (tertiary/aromatic N) is 1. The van der Waals surface area contributed by atoms with Crippen LogP contribution < -0.4 is 4.72 Å². The van der Waals surface area contributed by atoms with Crippen LogP contribution in [0.5, 0.6) is 0 Å². The lowest BCUT2D eigenvalue weighted by molar-refractivity contribution is -0.149. The monoisotopic (exact) mass is 322 g/mol. The Morgan fingerprint density at radius 1 is 1.19 bits per heavy atom. The van der Waals surface area contributed by atoms with E-state index in [1.54, 1.807) is 13.8 Å². The molecular formula is C13H26N2O5S. The topological polar surface area (TPSA) is 92.8 Å². The number of amides is 1. The lowest BCUT2D eigenvalue weighted by atomic mass is 10.3. The van der Waals surface area contributed by atoms with Crippen molar-refractivity contribution in [3.8, 4) is 0 Å². The Morgan fingerprint density at radius 2 is 1.81 bits per heavy atom. The Hall–Kier alpha value is -1.15. The van der Waals surface area contributed by atoms with Gasteiger partial charge < -0.3 is 9.64 Å². The van der Waals surface area contributed by atoms with Crippen molar-refractivity contribution in [2.24, 2.45) is 0 Å². The van der Waals surface area contributed by atoms with Crippen molar-refractivity contribution >= 4 is 21.9 Å². The molecule has 8 heteroatoms. The number of carbonyl (C=O) groups is 2. The minimum atomic E-state index is -3.48. The standard InChI is InChI=1S/C13H26N2O5S/c1-5-8-15(10-12(16)20-7-3)13(17)11(4)14-21(18,19)9-6-2/h11,14H,5-10H2,1-4H3. The van der Waals surface area contributed by atoms with Crippen LogP contribution in [0, 0.1) is 0 Å². The highest BCUT2D eigenvalue weighted by Gasteiger charge is 2.25. The Balaban J connectivity index is 4.75. The van der Waals surface area contributed by atoms with Gasteiger partial charge in [-0.15, -0.1) is 0 Å². The minimum absolute atomic E-state index is 0.0315. The molecule has 0 aromatic heterocycles. The number of rotatable bonds is 10. The molecule has 0 aliphatic rings. The predicted molar refractivity (Wildman–Crippen MR) is 80.2 cm³/mol. The maximum absolute atomic E-state index is 12.2. The molecule has 1 unspecified atom stereocenters. The zero-order valence-electron chi connectivity index (χ0n) is 13.2. The van der Waals surface area contributed by atoms with Gasteiger partial charge in [0, 0.05) is 6.54 Å². The molecule has 21 heavy (non-hydrogen) atoms. The first kappa shape index (κ1) is 19.9. The van der Waals surface area contributed by atoms with Crippen LogP contribution in [0.2, 0.25) is 0 Å². The third-order valence-electron chi connectivity index (χ3n) is 2.63. The summed E-state index contributed by atoms with van der Waals surface area (Å²) in [6, 6.07) is -0.900. The van der Waals surface area contributed by atoms with E-state index in [-0.39, 0.29) is 18.9 Å². The fraction of sp³-hybridized carbons (Fsp3) is 0.846. The molecule has 1 N–H and O–H groups in total. The van der Waals surface area contributed by atoms with Gasteiger partial charge in [-0.05, 0) is 26.7 Å². The van der Waals surface area contributed by atoms with Crippen LogP contribution in [-0.4, -0.2) is 56.7 Å². The van der Waals surface area contributed by atoms with Gasteiger partial charge in [-0.3, -0.25) is 9.59 Å². The summed E-state index contributed by atoms with van der Waals surface area (Å²) in [4.78, 5) is 25.1. The molecule has 0 radical (unpaired) electrons. The number of hydrogen-bond acceptors (Lipinski definition) is 5. The van der Waals surface area contributed by atoms with E-state index in [4.69, 9.17) is 4.74 Å². The van der Waals surface area contributed by atoms with Gasteiger partial charge >= 0.3 is 5.97 Å². The summed E-state index contributed by atoms with van der Waals surface area (Å²) in [5, 5.41) is 0. The summed E-state index contributed by atoms with van der Waals surface area (Å²) in [6.45, 7) is 7.23. The normalized spacial score (nSPS) is 12.8. The Labute approximate surface area is 127 Å². The van der Waals surface area contributed by atoms with E-state index in [0.717, 1.165) is 0 Å². The minimum Gasteiger partial charge on any atom is -0.465 e. The molecule has 0 saturated heterocycles. The van der Waals surface area contributed by atoms with Crippen molar-refractivity contribution in [3.63, 3.8) is 0 Å². The fourth-order valence-electron chi connectivity index (χ4n) is 1.82. The zero-order valence-corrected chi connectivity index (χ0v) is 14.0. The van der Waals surface area contributed by atoms with Crippen molar-refractivity contribution in [1.29, 1.82) is 0 Å². The summed E-state index contributed by atoms with van der Waals surface area (Å²) in [6.07, 6.45) is 1.14. The van der Waals surface area contributed by atoms with Crippen molar-refractivity contribution in [1.82, 2.24) is 9.62 Å². The molecular weight excluding hydrogens is 296 g/mol. The molecule has 0 aliphatic heterocycles. The van der Waals surface area contributed by atoms with Gasteiger partial charge in [-0.2, -0.15) is 0 Å². The van der Waals surface area contributed by atoms with Crippen molar-refractivity contribution in [3.05, 3.63) is 0 Å². The van der Waals surface area contributed by atoms with Crippen LogP contribution in [0.4, 0.5) is 0 Å². The van der Waals surface area contributed by atoms with E-state index in [9.17, 15) is 18.0 Å². The number of sulfonamides is 1. The Morgan fingerprint density at radius 3 is 2.29 bits per heavy atom. The lowest BCUT2D eigenvalue weighted by Crippen LogP contribution is -2.49. The third-order valence-corrected chi connectivity index (χ3v) is 4.29. The van der Waals surface area contributed by atoms with Crippen LogP contribution in [0.25, 0.3) is 0 Å². The second-order valence-electron chi connectivity index (χ2n) is 4.72. The highest BCUT2D eigenvalue weighted by Crippen LogP contribution is 2.01. The molecule has 0 heterocycles. The van der Waals surface area contributed by atoms with Crippen LogP contribution in [-0.2, 0) is 24.3 Å². The third kappa shape index (κ3) is 8.01. The van der Waals surface area contributed by atoms with Crippen LogP contribution >= 0.6 is 0 Å². The molecule has 0 aromatic rings. The lowest BCUT2D eigenvalue weighted by Gasteiger charge is -2.24. The molecule has 0 saturated carbocycles. The second-order valence-corrected chi connectivity index (χ2v) is 6.60. The molecule has 0 spiro atoms. The molecule has 0 bridgehead atoms. The Kier molecular flexibility index (Phi) is 9.19. The van der Waals surface area contributed by atoms with E-state index >= 15 is 0 Å². The number of esters is 1. The van der Waals surface area contributed by atoms with Crippen LogP contribution in [0.15, 0.2) is 0 Å². The first-order valence-electron chi connectivity index (χ1n) is 7.21. The van der Waals surface area contributed by atoms with Gasteiger partial charge in [0.2, 0.25) is 15.9 Å². The summed E-state index contributed by atoms with van der Waals surface area (Å²) < 4.78 is 30.5. The van der Waals surface area contributed by atoms with Gasteiger partial charge in [-0.1, -0.05) is 13.8 Å². The largest absolute Gasteiger partial charge is 0.465 e. The Bertz CT molecular complexity index is 436. The summed E-state index contributed by atoms with van der Waals surface area (Å²) in [5.41, 5.74) is 0. The van der Waals surface area contributed by atoms with Gasteiger partial charge in [0.25, 0.3) is 0 Å². The molecule has 0 rings (SSSR count). The fourth-order valence-corrected chi connectivity index (χ4v) is 3.12. The maximum Gasteiger partial charge on any atom is 0.325 e. The molecule has 124 valence electrons. The quantitative estimate of drug-likeness (QED) is 0.591. The molecule has 0 fully saturated rings. The maximum atomic E-state index is 12.2. The van der Waals surface area contributed by atoms with Crippen LogP contribution in [0.3, 0.4) is 0 Å². The van der Waals surface area contributed by atoms with Crippen molar-refractivity contribution < 1.29 is 22.7 Å². The molecule has 1 atom stereocenters. The summed E-state index contributed by atoms with van der Waals surface area (Å²) in [7, 11) is -3.48. The molecule has 1 amide bonds. The highest BCUT2D eigenvalue weighted by atomic mass is 32.2. The number of ether oxygens (including phenoxy) is 1. The van der Waals surface area contributed by atoms with E-state index in [2.05, 4.69) is 4.72 Å². The average molecular weight is 322 g/mol. The van der Waals surface area contributed by atoms with Gasteiger partial charge in [0.15, 0.2) is 0 Å². The summed E-state index contributed by atoms with van der Waals surface area (Å²) >= 11 is 0. The first-order chi connectivity index (χ1) is 9.77. The van der Waals surface area contributed by atoms with Crippen molar-refractivity contribution in [2.75, 3.05) is 25.4 Å². The summed E-state index contributed by atoms with van der Waals surface area (Å²) in [5.74, 6) is -0.955.